The summed E-state index contributed by atoms with van der Waals surface area (Å²) >= 11 is 0. The molecule has 1 aliphatic rings. The fourth-order valence-corrected chi connectivity index (χ4v) is 3.22. The van der Waals surface area contributed by atoms with Crippen molar-refractivity contribution in [1.82, 2.24) is 4.90 Å². The molecule has 3 nitrogen and oxygen atoms in total. The molecule has 0 aromatic rings. The van der Waals surface area contributed by atoms with Crippen LogP contribution in [0.1, 0.15) is 84.0 Å². The lowest BCUT2D eigenvalue weighted by Crippen LogP contribution is -2.28. The van der Waals surface area contributed by atoms with Crippen LogP contribution in [0.4, 0.5) is 0 Å². The zero-order valence-electron chi connectivity index (χ0n) is 14.0. The van der Waals surface area contributed by atoms with E-state index in [9.17, 15) is 4.79 Å². The van der Waals surface area contributed by atoms with E-state index in [1.807, 2.05) is 4.90 Å². The summed E-state index contributed by atoms with van der Waals surface area (Å²) in [6.07, 6.45) is 14.3. The van der Waals surface area contributed by atoms with Gasteiger partial charge in [-0.25, -0.2) is 0 Å². The predicted molar refractivity (Wildman–Crippen MR) is 88.2 cm³/mol. The van der Waals surface area contributed by atoms with Crippen LogP contribution >= 0.6 is 0 Å². The number of nitrogens with zero attached hydrogens (tertiary/aromatic N) is 1. The number of rotatable bonds is 12. The van der Waals surface area contributed by atoms with E-state index >= 15 is 0 Å². The van der Waals surface area contributed by atoms with Crippen LogP contribution in [0.25, 0.3) is 0 Å². The second-order valence-electron chi connectivity index (χ2n) is 6.59. The third-order valence-electron chi connectivity index (χ3n) is 4.67. The molecule has 1 saturated heterocycles. The van der Waals surface area contributed by atoms with Crippen molar-refractivity contribution in [3.05, 3.63) is 0 Å². The average Bonchev–Trinajstić information content (AvgIpc) is 2.94. The minimum absolute atomic E-state index is 0.255. The zero-order valence-corrected chi connectivity index (χ0v) is 14.0. The van der Waals surface area contributed by atoms with E-state index in [1.165, 1.54) is 51.4 Å². The van der Waals surface area contributed by atoms with Gasteiger partial charge in [0, 0.05) is 26.1 Å². The molecule has 0 spiro atoms. The molecule has 124 valence electrons. The smallest absolute Gasteiger partial charge is 0.222 e. The Kier molecular flexibility index (Phi) is 10.6. The summed E-state index contributed by atoms with van der Waals surface area (Å²) < 4.78 is 0. The molecule has 0 aliphatic carbocycles. The van der Waals surface area contributed by atoms with E-state index in [2.05, 4.69) is 6.92 Å². The van der Waals surface area contributed by atoms with E-state index in [1.54, 1.807) is 0 Å². The Hall–Kier alpha value is -0.570. The van der Waals surface area contributed by atoms with Crippen molar-refractivity contribution >= 4 is 5.91 Å². The van der Waals surface area contributed by atoms with E-state index in [-0.39, 0.29) is 6.61 Å². The molecule has 1 unspecified atom stereocenters. The van der Waals surface area contributed by atoms with Gasteiger partial charge < -0.3 is 10.0 Å². The van der Waals surface area contributed by atoms with Crippen molar-refractivity contribution in [3.8, 4) is 0 Å². The number of likely N-dealkylation sites (tertiary alicyclic amines) is 1. The lowest BCUT2D eigenvalue weighted by atomic mass is 10.1. The number of carbonyl (C=O) groups is 1. The van der Waals surface area contributed by atoms with Gasteiger partial charge in [-0.3, -0.25) is 4.79 Å². The summed E-state index contributed by atoms with van der Waals surface area (Å²) in [6, 6.07) is 0. The lowest BCUT2D eigenvalue weighted by molar-refractivity contribution is -0.130. The predicted octanol–water partition coefficient (Wildman–Crippen LogP) is 4.14. The van der Waals surface area contributed by atoms with Crippen molar-refractivity contribution in [2.75, 3.05) is 19.7 Å². The second-order valence-corrected chi connectivity index (χ2v) is 6.59. The topological polar surface area (TPSA) is 40.5 Å². The highest BCUT2D eigenvalue weighted by Gasteiger charge is 2.24. The molecule has 1 N–H and O–H groups in total. The van der Waals surface area contributed by atoms with Crippen LogP contribution in [0.5, 0.6) is 0 Å². The normalized spacial score (nSPS) is 18.4. The lowest BCUT2D eigenvalue weighted by Gasteiger charge is -2.16. The van der Waals surface area contributed by atoms with Crippen molar-refractivity contribution in [2.24, 2.45) is 5.92 Å². The molecule has 0 aromatic heterocycles. The largest absolute Gasteiger partial charge is 0.396 e. The van der Waals surface area contributed by atoms with E-state index in [0.717, 1.165) is 38.8 Å². The minimum Gasteiger partial charge on any atom is -0.396 e. The maximum atomic E-state index is 12.1. The van der Waals surface area contributed by atoms with Crippen LogP contribution in [-0.4, -0.2) is 35.6 Å². The molecule has 0 bridgehead atoms. The summed E-state index contributed by atoms with van der Waals surface area (Å²) in [5.41, 5.74) is 0. The molecule has 1 rings (SSSR count). The summed E-state index contributed by atoms with van der Waals surface area (Å²) in [5.74, 6) is 0.862. The first-order valence-electron chi connectivity index (χ1n) is 9.16. The maximum Gasteiger partial charge on any atom is 0.222 e. The molecule has 3 heteroatoms. The van der Waals surface area contributed by atoms with Gasteiger partial charge >= 0.3 is 0 Å². The molecule has 1 atom stereocenters. The molecule has 0 radical (unpaired) electrons. The second kappa shape index (κ2) is 12.0. The maximum absolute atomic E-state index is 12.1. The Bertz CT molecular complexity index is 268. The highest BCUT2D eigenvalue weighted by molar-refractivity contribution is 5.76. The van der Waals surface area contributed by atoms with Crippen molar-refractivity contribution in [2.45, 2.75) is 84.0 Å². The first kappa shape index (κ1) is 18.5. The van der Waals surface area contributed by atoms with Crippen molar-refractivity contribution in [3.63, 3.8) is 0 Å². The molecule has 0 saturated carbocycles. The van der Waals surface area contributed by atoms with Crippen LogP contribution in [0.3, 0.4) is 0 Å². The van der Waals surface area contributed by atoms with Crippen LogP contribution < -0.4 is 0 Å². The zero-order chi connectivity index (χ0) is 15.3. The third-order valence-corrected chi connectivity index (χ3v) is 4.67. The first-order chi connectivity index (χ1) is 10.3. The molecule has 1 aliphatic heterocycles. The Morgan fingerprint density at radius 2 is 1.67 bits per heavy atom. The Labute approximate surface area is 131 Å². The highest BCUT2D eigenvalue weighted by Crippen LogP contribution is 2.20. The van der Waals surface area contributed by atoms with E-state index in [4.69, 9.17) is 5.11 Å². The van der Waals surface area contributed by atoms with Gasteiger partial charge in [-0.05, 0) is 25.2 Å². The summed E-state index contributed by atoms with van der Waals surface area (Å²) in [5, 5.41) is 8.94. The average molecular weight is 297 g/mol. The molecular weight excluding hydrogens is 262 g/mol. The van der Waals surface area contributed by atoms with Crippen molar-refractivity contribution < 1.29 is 9.90 Å². The van der Waals surface area contributed by atoms with Gasteiger partial charge in [-0.1, -0.05) is 58.3 Å². The first-order valence-corrected chi connectivity index (χ1v) is 9.16. The SMILES string of the molecule is CCCCCCCCCCCC(=O)N1CCC(CCO)C1. The highest BCUT2D eigenvalue weighted by atomic mass is 16.3. The van der Waals surface area contributed by atoms with Crippen LogP contribution in [0, 0.1) is 5.92 Å². The van der Waals surface area contributed by atoms with Gasteiger partial charge in [-0.15, -0.1) is 0 Å². The Morgan fingerprint density at radius 3 is 2.29 bits per heavy atom. The quantitative estimate of drug-likeness (QED) is 0.550. The van der Waals surface area contributed by atoms with Gasteiger partial charge in [0.2, 0.25) is 5.91 Å². The standard InChI is InChI=1S/C18H35NO2/c1-2-3-4-5-6-7-8-9-10-11-18(21)19-14-12-17(16-19)13-15-20/h17,20H,2-16H2,1H3. The molecular formula is C18H35NO2. The van der Waals surface area contributed by atoms with E-state index in [0.29, 0.717) is 11.8 Å². The number of hydrogen-bond acceptors (Lipinski definition) is 2. The fraction of sp³-hybridized carbons (Fsp3) is 0.944. The third kappa shape index (κ3) is 8.45. The molecule has 1 fully saturated rings. The van der Waals surface area contributed by atoms with Gasteiger partial charge in [0.25, 0.3) is 0 Å². The van der Waals surface area contributed by atoms with E-state index < -0.39 is 0 Å². The van der Waals surface area contributed by atoms with Crippen LogP contribution in [-0.2, 0) is 4.79 Å². The van der Waals surface area contributed by atoms with Crippen LogP contribution in [0.15, 0.2) is 0 Å². The monoisotopic (exact) mass is 297 g/mol. The van der Waals surface area contributed by atoms with Crippen LogP contribution in [0.2, 0.25) is 0 Å². The number of aliphatic hydroxyl groups excluding tert-OH is 1. The van der Waals surface area contributed by atoms with Gasteiger partial charge in [0.1, 0.15) is 0 Å². The van der Waals surface area contributed by atoms with Gasteiger partial charge in [-0.2, -0.15) is 0 Å². The molecule has 1 heterocycles. The fourth-order valence-electron chi connectivity index (χ4n) is 3.22. The van der Waals surface area contributed by atoms with Gasteiger partial charge in [0.15, 0.2) is 0 Å². The summed E-state index contributed by atoms with van der Waals surface area (Å²) in [6.45, 7) is 4.28. The minimum atomic E-state index is 0.255. The van der Waals surface area contributed by atoms with Gasteiger partial charge in [0.05, 0.1) is 0 Å². The number of carbonyl (C=O) groups excluding carboxylic acids is 1. The molecule has 0 aromatic carbocycles. The summed E-state index contributed by atoms with van der Waals surface area (Å²) in [7, 11) is 0. The molecule has 21 heavy (non-hydrogen) atoms. The number of hydrogen-bond donors (Lipinski definition) is 1. The summed E-state index contributed by atoms with van der Waals surface area (Å²) in [4.78, 5) is 14.1. The Morgan fingerprint density at radius 1 is 1.05 bits per heavy atom. The Balaban J connectivity index is 1.92. The number of amides is 1. The molecule has 1 amide bonds. The number of unbranched alkanes of at least 4 members (excludes halogenated alkanes) is 8. The number of aliphatic hydroxyl groups is 1. The van der Waals surface area contributed by atoms with Crippen molar-refractivity contribution in [1.29, 1.82) is 0 Å².